The summed E-state index contributed by atoms with van der Waals surface area (Å²) in [5.41, 5.74) is 2.20. The summed E-state index contributed by atoms with van der Waals surface area (Å²) >= 11 is -0.826. The summed E-state index contributed by atoms with van der Waals surface area (Å²) < 4.78 is 0. The molecule has 0 radical (unpaired) electrons. The molecule has 0 amide bonds. The van der Waals surface area contributed by atoms with E-state index in [1.165, 1.54) is 25.7 Å². The van der Waals surface area contributed by atoms with Crippen LogP contribution < -0.4 is 0 Å². The van der Waals surface area contributed by atoms with Gasteiger partial charge in [0.15, 0.2) is 0 Å². The van der Waals surface area contributed by atoms with Gasteiger partial charge in [0.05, 0.1) is 8.07 Å². The fraction of sp³-hybridized carbons (Fsp3) is 0.923. The summed E-state index contributed by atoms with van der Waals surface area (Å²) in [6.45, 7) is 18.4. The summed E-state index contributed by atoms with van der Waals surface area (Å²) in [5.74, 6) is 7.11. The van der Waals surface area contributed by atoms with Crippen molar-refractivity contribution in [2.24, 2.45) is 41.4 Å². The number of halogens is 2. The van der Waals surface area contributed by atoms with Gasteiger partial charge in [-0.15, -0.1) is 0 Å². The Hall–Kier alpha value is 1.68. The molecule has 3 rings (SSSR count). The van der Waals surface area contributed by atoms with Crippen molar-refractivity contribution in [3.8, 4) is 0 Å². The van der Waals surface area contributed by atoms with Crippen molar-refractivity contribution in [3.05, 3.63) is 14.9 Å². The third-order valence-electron chi connectivity index (χ3n) is 9.92. The number of hydrogen-bond acceptors (Lipinski definition) is 0. The van der Waals surface area contributed by atoms with E-state index in [2.05, 4.69) is 47.7 Å². The molecule has 4 heteroatoms. The Bertz CT molecular complexity index is 458. The molecule has 0 bridgehead atoms. The van der Waals surface area contributed by atoms with E-state index in [0.29, 0.717) is 0 Å². The quantitative estimate of drug-likeness (QED) is 0.234. The fourth-order valence-corrected chi connectivity index (χ4v) is 14.5. The van der Waals surface area contributed by atoms with Gasteiger partial charge in [0.25, 0.3) is 0 Å². The van der Waals surface area contributed by atoms with E-state index in [4.69, 9.17) is 17.0 Å². The van der Waals surface area contributed by atoms with E-state index in [9.17, 15) is 0 Å². The van der Waals surface area contributed by atoms with E-state index in [-0.39, 0.29) is 14.9 Å². The minimum atomic E-state index is -1.24. The summed E-state index contributed by atoms with van der Waals surface area (Å²) in [4.78, 5) is 0. The van der Waals surface area contributed by atoms with E-state index < -0.39 is 28.9 Å². The van der Waals surface area contributed by atoms with Crippen LogP contribution in [0.1, 0.15) is 86.0 Å². The summed E-state index contributed by atoms with van der Waals surface area (Å²) in [6.07, 6.45) is 12.2. The molecule has 3 saturated carbocycles. The van der Waals surface area contributed by atoms with Gasteiger partial charge in [-0.2, -0.15) is 0 Å². The predicted molar refractivity (Wildman–Crippen MR) is 139 cm³/mol. The molecule has 30 heavy (non-hydrogen) atoms. The predicted octanol–water partition coefficient (Wildman–Crippen LogP) is 10.3. The van der Waals surface area contributed by atoms with Gasteiger partial charge in [0.1, 0.15) is 0 Å². The topological polar surface area (TPSA) is 0 Å². The molecular weight excluding hydrogens is 503 g/mol. The zero-order valence-electron chi connectivity index (χ0n) is 21.6. The van der Waals surface area contributed by atoms with Gasteiger partial charge in [-0.1, -0.05) is 86.2 Å². The SMILES string of the molecule is CCCCC1CC([Si](C)(C)C2C(C)C(C)C(C)C2C)C2CCCCC12.[CH3-].[CH3-].[Cl][Zr+2][Cl]. The number of rotatable bonds is 5. The first-order valence-corrected chi connectivity index (χ1v) is 21.7. The van der Waals surface area contributed by atoms with Crippen LogP contribution in [0.5, 0.6) is 0 Å². The van der Waals surface area contributed by atoms with Crippen molar-refractivity contribution < 1.29 is 20.8 Å². The van der Waals surface area contributed by atoms with Crippen LogP contribution >= 0.6 is 17.0 Å². The van der Waals surface area contributed by atoms with Gasteiger partial charge in [-0.05, 0) is 65.3 Å². The van der Waals surface area contributed by atoms with Crippen LogP contribution in [0.4, 0.5) is 0 Å². The van der Waals surface area contributed by atoms with E-state index in [0.717, 1.165) is 52.5 Å². The first-order chi connectivity index (χ1) is 13.2. The van der Waals surface area contributed by atoms with Gasteiger partial charge in [-0.3, -0.25) is 0 Å². The Labute approximate surface area is 211 Å². The van der Waals surface area contributed by atoms with Crippen LogP contribution in [0.15, 0.2) is 0 Å². The molecule has 0 N–H and O–H groups in total. The second-order valence-corrected chi connectivity index (χ2v) is 20.0. The summed E-state index contributed by atoms with van der Waals surface area (Å²) in [5, 5.41) is 0. The second kappa shape index (κ2) is 14.2. The van der Waals surface area contributed by atoms with Crippen molar-refractivity contribution in [1.82, 2.24) is 0 Å². The maximum atomic E-state index is 4.93. The van der Waals surface area contributed by atoms with Crippen molar-refractivity contribution in [1.29, 1.82) is 0 Å². The normalized spacial score (nSPS) is 40.2. The average molecular weight is 555 g/mol. The Morgan fingerprint density at radius 3 is 1.77 bits per heavy atom. The molecule has 0 aromatic rings. The molecule has 0 saturated heterocycles. The maximum absolute atomic E-state index is 4.93. The molecule has 0 heterocycles. The fourth-order valence-electron chi connectivity index (χ4n) is 8.30. The molecule has 0 nitrogen and oxygen atoms in total. The number of fused-ring (bicyclic) bond motifs is 1. The molecule has 3 fully saturated rings. The molecule has 0 aromatic heterocycles. The average Bonchev–Trinajstić information content (AvgIpc) is 3.13. The zero-order chi connectivity index (χ0) is 21.1. The Morgan fingerprint density at radius 1 is 0.833 bits per heavy atom. The third kappa shape index (κ3) is 6.63. The zero-order valence-corrected chi connectivity index (χ0v) is 26.6. The Balaban J connectivity index is 0.00000159. The Kier molecular flexibility index (Phi) is 15.0. The third-order valence-corrected chi connectivity index (χ3v) is 15.3. The number of hydrogen-bond donors (Lipinski definition) is 0. The van der Waals surface area contributed by atoms with E-state index in [1.54, 1.807) is 25.7 Å². The Morgan fingerprint density at radius 2 is 1.30 bits per heavy atom. The van der Waals surface area contributed by atoms with Gasteiger partial charge in [0.2, 0.25) is 0 Å². The first-order valence-electron chi connectivity index (χ1n) is 12.2. The van der Waals surface area contributed by atoms with Gasteiger partial charge in [0, 0.05) is 0 Å². The van der Waals surface area contributed by atoms with Crippen LogP contribution in [-0.2, 0) is 20.8 Å². The van der Waals surface area contributed by atoms with E-state index >= 15 is 0 Å². The minimum absolute atomic E-state index is 0. The van der Waals surface area contributed by atoms with Crippen molar-refractivity contribution in [2.75, 3.05) is 0 Å². The van der Waals surface area contributed by atoms with Crippen molar-refractivity contribution in [2.45, 2.75) is 110 Å². The van der Waals surface area contributed by atoms with Crippen LogP contribution in [0.3, 0.4) is 0 Å². The van der Waals surface area contributed by atoms with Crippen LogP contribution in [0.2, 0.25) is 24.2 Å². The molecule has 0 aliphatic heterocycles. The first kappa shape index (κ1) is 31.7. The van der Waals surface area contributed by atoms with Gasteiger partial charge >= 0.3 is 37.9 Å². The molecule has 3 aliphatic rings. The van der Waals surface area contributed by atoms with Gasteiger partial charge < -0.3 is 14.9 Å². The molecule has 3 aliphatic carbocycles. The van der Waals surface area contributed by atoms with Crippen LogP contribution in [0.25, 0.3) is 0 Å². The molecule has 8 atom stereocenters. The van der Waals surface area contributed by atoms with Gasteiger partial charge in [-0.25, -0.2) is 0 Å². The molecule has 0 aromatic carbocycles. The molecule has 178 valence electrons. The number of unbranched alkanes of at least 4 members (excludes halogenated alkanes) is 1. The van der Waals surface area contributed by atoms with Crippen molar-refractivity contribution >= 4 is 25.1 Å². The standard InChI is InChI=1S/C24H46Si.2CH3.2ClH.Zr/c1-8-9-12-20-15-23(22-14-11-10-13-21(20)22)25(6,7)24-18(4)16(2)17(3)19(24)5;;;;;/h16-24H,8-15H2,1-7H3;2*1H3;2*1H;/q;2*-1;;;+4/p-2. The van der Waals surface area contributed by atoms with Crippen LogP contribution in [0, 0.1) is 56.3 Å². The monoisotopic (exact) mass is 552 g/mol. The van der Waals surface area contributed by atoms with E-state index in [1.807, 2.05) is 0 Å². The van der Waals surface area contributed by atoms with Crippen molar-refractivity contribution in [3.63, 3.8) is 0 Å². The van der Waals surface area contributed by atoms with Crippen LogP contribution in [-0.4, -0.2) is 8.07 Å². The second-order valence-electron chi connectivity index (χ2n) is 11.2. The molecule has 8 unspecified atom stereocenters. The molecular formula is C26H52Cl2SiZr. The summed E-state index contributed by atoms with van der Waals surface area (Å²) in [6, 6.07) is 0. The molecule has 0 spiro atoms. The summed E-state index contributed by atoms with van der Waals surface area (Å²) in [7, 11) is 8.63.